The first kappa shape index (κ1) is 18.6. The van der Waals surface area contributed by atoms with Crippen molar-refractivity contribution in [3.63, 3.8) is 0 Å². The van der Waals surface area contributed by atoms with E-state index in [1.165, 1.54) is 10.5 Å². The Balaban J connectivity index is 1.94. The van der Waals surface area contributed by atoms with Crippen molar-refractivity contribution in [2.75, 3.05) is 13.7 Å². The van der Waals surface area contributed by atoms with Crippen molar-refractivity contribution in [1.29, 1.82) is 5.41 Å². The Morgan fingerprint density at radius 3 is 2.77 bits per heavy atom. The number of benzene rings is 1. The second-order valence-corrected chi connectivity index (χ2v) is 8.27. The average Bonchev–Trinajstić information content (AvgIpc) is 3.09. The minimum absolute atomic E-state index is 0.0150. The van der Waals surface area contributed by atoms with Crippen LogP contribution in [0.2, 0.25) is 0 Å². The number of carbonyl (C=O) groups excluding carboxylic acids is 1. The van der Waals surface area contributed by atoms with Gasteiger partial charge in [-0.2, -0.15) is 0 Å². The predicted octanol–water partition coefficient (Wildman–Crippen LogP) is 5.00. The third-order valence-corrected chi connectivity index (χ3v) is 6.22. The van der Waals surface area contributed by atoms with Gasteiger partial charge in [0.1, 0.15) is 11.6 Å². The van der Waals surface area contributed by atoms with E-state index in [2.05, 4.69) is 44.4 Å². The fourth-order valence-electron chi connectivity index (χ4n) is 3.33. The molecule has 0 aliphatic carbocycles. The Morgan fingerprint density at radius 1 is 1.31 bits per heavy atom. The molecule has 1 aliphatic rings. The molecule has 26 heavy (non-hydrogen) atoms. The normalized spacial score (nSPS) is 20.5. The van der Waals surface area contributed by atoms with E-state index in [-0.39, 0.29) is 11.3 Å². The molecule has 2 aromatic rings. The van der Waals surface area contributed by atoms with Crippen molar-refractivity contribution in [3.05, 3.63) is 40.1 Å². The van der Waals surface area contributed by atoms with Crippen LogP contribution >= 0.6 is 11.3 Å². The van der Waals surface area contributed by atoms with E-state index < -0.39 is 0 Å². The number of hydrogen-bond donors (Lipinski definition) is 1. The van der Waals surface area contributed by atoms with Gasteiger partial charge in [-0.05, 0) is 42.5 Å². The first-order valence-electron chi connectivity index (χ1n) is 9.01. The number of amidine groups is 1. The molecule has 1 saturated heterocycles. The number of hydrogen-bond acceptors (Lipinski definition) is 4. The predicted molar refractivity (Wildman–Crippen MR) is 107 cm³/mol. The van der Waals surface area contributed by atoms with Gasteiger partial charge in [0.15, 0.2) is 0 Å². The molecule has 0 unspecified atom stereocenters. The monoisotopic (exact) mass is 370 g/mol. The zero-order valence-electron chi connectivity index (χ0n) is 15.9. The number of carbonyl (C=O) groups is 1. The summed E-state index contributed by atoms with van der Waals surface area (Å²) in [6, 6.07) is 8.43. The fraction of sp³-hybridized carbons (Fsp3) is 0.429. The third-order valence-electron chi connectivity index (χ3n) is 4.98. The number of nitrogens with zero attached hydrogens (tertiary/aromatic N) is 1. The topological polar surface area (TPSA) is 53.4 Å². The third kappa shape index (κ3) is 3.54. The van der Waals surface area contributed by atoms with Crippen LogP contribution in [0.1, 0.15) is 43.6 Å². The van der Waals surface area contributed by atoms with Gasteiger partial charge in [0, 0.05) is 35.7 Å². The van der Waals surface area contributed by atoms with Crippen molar-refractivity contribution < 1.29 is 9.53 Å². The standard InChI is InChI=1S/C21H26N2O2S/c1-5-8-25-17-7-6-14(2)9-16(17)15-10-18(26-13-15)21(3)11-19(22)23(4)20(24)12-21/h6-7,9-10,13,22H,5,8,11-12H2,1-4H3/t21-/m0/s1. The van der Waals surface area contributed by atoms with Crippen molar-refractivity contribution in [3.8, 4) is 16.9 Å². The summed E-state index contributed by atoms with van der Waals surface area (Å²) < 4.78 is 5.93. The molecule has 3 rings (SSSR count). The van der Waals surface area contributed by atoms with Gasteiger partial charge in [-0.1, -0.05) is 25.5 Å². The summed E-state index contributed by atoms with van der Waals surface area (Å²) in [5.41, 5.74) is 3.11. The minimum Gasteiger partial charge on any atom is -0.493 e. The van der Waals surface area contributed by atoms with Gasteiger partial charge in [-0.15, -0.1) is 11.3 Å². The van der Waals surface area contributed by atoms with Gasteiger partial charge in [-0.25, -0.2) is 0 Å². The van der Waals surface area contributed by atoms with Gasteiger partial charge < -0.3 is 9.64 Å². The first-order chi connectivity index (χ1) is 12.3. The minimum atomic E-state index is -0.308. The lowest BCUT2D eigenvalue weighted by atomic mass is 9.78. The molecule has 0 saturated carbocycles. The summed E-state index contributed by atoms with van der Waals surface area (Å²) >= 11 is 1.67. The number of amides is 1. The van der Waals surface area contributed by atoms with Crippen LogP contribution in [0.4, 0.5) is 0 Å². The van der Waals surface area contributed by atoms with Crippen LogP contribution in [0, 0.1) is 12.3 Å². The highest BCUT2D eigenvalue weighted by molar-refractivity contribution is 7.10. The zero-order chi connectivity index (χ0) is 18.9. The van der Waals surface area contributed by atoms with Crippen molar-refractivity contribution >= 4 is 23.1 Å². The molecule has 1 fully saturated rings. The van der Waals surface area contributed by atoms with E-state index in [4.69, 9.17) is 10.1 Å². The molecule has 1 aromatic heterocycles. The maximum atomic E-state index is 12.3. The van der Waals surface area contributed by atoms with Gasteiger partial charge in [0.05, 0.1) is 6.61 Å². The highest BCUT2D eigenvalue weighted by Gasteiger charge is 2.39. The quantitative estimate of drug-likeness (QED) is 0.805. The summed E-state index contributed by atoms with van der Waals surface area (Å²) in [5.74, 6) is 1.31. The lowest BCUT2D eigenvalue weighted by Crippen LogP contribution is -2.46. The fourth-order valence-corrected chi connectivity index (χ4v) is 4.40. The summed E-state index contributed by atoms with van der Waals surface area (Å²) in [4.78, 5) is 14.9. The molecule has 4 nitrogen and oxygen atoms in total. The van der Waals surface area contributed by atoms with E-state index in [0.717, 1.165) is 28.2 Å². The van der Waals surface area contributed by atoms with Crippen LogP contribution in [-0.2, 0) is 10.2 Å². The largest absolute Gasteiger partial charge is 0.493 e. The SMILES string of the molecule is CCCOc1ccc(C)cc1-c1csc([C@@]2(C)CC(=N)N(C)C(=O)C2)c1. The van der Waals surface area contributed by atoms with Crippen LogP contribution in [0.25, 0.3) is 11.1 Å². The highest BCUT2D eigenvalue weighted by atomic mass is 32.1. The average molecular weight is 371 g/mol. The van der Waals surface area contributed by atoms with Crippen LogP contribution in [-0.4, -0.2) is 30.3 Å². The molecule has 138 valence electrons. The maximum absolute atomic E-state index is 12.3. The molecule has 1 aromatic carbocycles. The number of thiophene rings is 1. The molecule has 5 heteroatoms. The van der Waals surface area contributed by atoms with Crippen LogP contribution in [0.5, 0.6) is 5.75 Å². The van der Waals surface area contributed by atoms with Gasteiger partial charge in [0.25, 0.3) is 0 Å². The highest BCUT2D eigenvalue weighted by Crippen LogP contribution is 2.42. The summed E-state index contributed by atoms with van der Waals surface area (Å²) in [6.45, 7) is 6.97. The maximum Gasteiger partial charge on any atom is 0.228 e. The van der Waals surface area contributed by atoms with E-state index >= 15 is 0 Å². The molecule has 1 N–H and O–H groups in total. The second kappa shape index (κ2) is 7.23. The number of likely N-dealkylation sites (tertiary alicyclic amines) is 1. The van der Waals surface area contributed by atoms with Crippen LogP contribution in [0.3, 0.4) is 0 Å². The molecule has 0 spiro atoms. The first-order valence-corrected chi connectivity index (χ1v) is 9.89. The van der Waals surface area contributed by atoms with E-state index in [0.29, 0.717) is 25.3 Å². The smallest absolute Gasteiger partial charge is 0.228 e. The Hall–Kier alpha value is -2.14. The number of rotatable bonds is 5. The van der Waals surface area contributed by atoms with Crippen molar-refractivity contribution in [1.82, 2.24) is 4.90 Å². The lowest BCUT2D eigenvalue weighted by molar-refractivity contribution is -0.128. The molecule has 0 radical (unpaired) electrons. The van der Waals surface area contributed by atoms with E-state index in [1.54, 1.807) is 18.4 Å². The Morgan fingerprint density at radius 2 is 2.08 bits per heavy atom. The molecule has 1 atom stereocenters. The molecule has 1 amide bonds. The Labute approximate surface area is 159 Å². The van der Waals surface area contributed by atoms with E-state index in [9.17, 15) is 4.79 Å². The summed E-state index contributed by atoms with van der Waals surface area (Å²) in [6.07, 6.45) is 2.00. The summed E-state index contributed by atoms with van der Waals surface area (Å²) in [5, 5.41) is 10.3. The molecule has 0 bridgehead atoms. The number of nitrogens with one attached hydrogen (secondary N) is 1. The molecular formula is C21H26N2O2S. The number of ether oxygens (including phenoxy) is 1. The van der Waals surface area contributed by atoms with Crippen molar-refractivity contribution in [2.45, 2.75) is 45.4 Å². The van der Waals surface area contributed by atoms with Crippen molar-refractivity contribution in [2.24, 2.45) is 0 Å². The van der Waals surface area contributed by atoms with Crippen LogP contribution in [0.15, 0.2) is 29.6 Å². The van der Waals surface area contributed by atoms with E-state index in [1.807, 2.05) is 6.07 Å². The Bertz CT molecular complexity index is 822. The molecule has 2 heterocycles. The molecular weight excluding hydrogens is 344 g/mol. The van der Waals surface area contributed by atoms with Gasteiger partial charge in [-0.3, -0.25) is 10.2 Å². The second-order valence-electron chi connectivity index (χ2n) is 7.36. The zero-order valence-corrected chi connectivity index (χ0v) is 16.7. The number of aryl methyl sites for hydroxylation is 1. The molecule has 1 aliphatic heterocycles. The Kier molecular flexibility index (Phi) is 5.19. The summed E-state index contributed by atoms with van der Waals surface area (Å²) in [7, 11) is 1.69. The van der Waals surface area contributed by atoms with Gasteiger partial charge in [0.2, 0.25) is 5.91 Å². The lowest BCUT2D eigenvalue weighted by Gasteiger charge is -2.36. The number of piperidine rings is 1. The van der Waals surface area contributed by atoms with Crippen LogP contribution < -0.4 is 4.74 Å². The van der Waals surface area contributed by atoms with Gasteiger partial charge >= 0.3 is 0 Å².